The average molecular weight is 366 g/mol. The number of carbonyl (C=O) groups is 1. The van der Waals surface area contributed by atoms with Crippen molar-refractivity contribution in [2.75, 3.05) is 13.7 Å². The van der Waals surface area contributed by atoms with E-state index in [1.165, 1.54) is 12.8 Å². The first-order chi connectivity index (χ1) is 13.2. The summed E-state index contributed by atoms with van der Waals surface area (Å²) in [5.41, 5.74) is 7.88. The third-order valence-electron chi connectivity index (χ3n) is 4.49. The average Bonchev–Trinajstić information content (AvgIpc) is 3.52. The zero-order valence-electron chi connectivity index (χ0n) is 15.6. The maximum atomic E-state index is 11.3. The molecule has 4 N–H and O–H groups in total. The first kappa shape index (κ1) is 18.8. The third-order valence-corrected chi connectivity index (χ3v) is 4.49. The van der Waals surface area contributed by atoms with Gasteiger partial charge in [0.15, 0.2) is 5.96 Å². The van der Waals surface area contributed by atoms with Crippen LogP contribution in [-0.2, 0) is 13.1 Å². The molecule has 142 valence electrons. The van der Waals surface area contributed by atoms with Gasteiger partial charge in [0.1, 0.15) is 5.75 Å². The van der Waals surface area contributed by atoms with Crippen LogP contribution in [0.4, 0.5) is 0 Å². The van der Waals surface area contributed by atoms with Gasteiger partial charge < -0.3 is 21.1 Å². The largest absolute Gasteiger partial charge is 0.493 e. The minimum Gasteiger partial charge on any atom is -0.493 e. The lowest BCUT2D eigenvalue weighted by atomic mass is 10.1. The van der Waals surface area contributed by atoms with Crippen LogP contribution in [0.15, 0.2) is 53.5 Å². The van der Waals surface area contributed by atoms with Gasteiger partial charge in [0.25, 0.3) is 0 Å². The second-order valence-electron chi connectivity index (χ2n) is 6.71. The van der Waals surface area contributed by atoms with E-state index in [2.05, 4.69) is 21.7 Å². The molecule has 0 bridgehead atoms. The number of hydrogen-bond acceptors (Lipinski definition) is 3. The Morgan fingerprint density at radius 1 is 1.15 bits per heavy atom. The monoisotopic (exact) mass is 366 g/mol. The highest BCUT2D eigenvalue weighted by Crippen LogP contribution is 2.30. The van der Waals surface area contributed by atoms with Crippen LogP contribution in [-0.4, -0.2) is 25.5 Å². The van der Waals surface area contributed by atoms with Gasteiger partial charge in [-0.15, -0.1) is 0 Å². The van der Waals surface area contributed by atoms with Crippen molar-refractivity contribution >= 4 is 11.9 Å². The van der Waals surface area contributed by atoms with Crippen LogP contribution in [0.5, 0.6) is 5.75 Å². The number of rotatable bonds is 8. The third kappa shape index (κ3) is 5.74. The molecule has 2 aromatic carbocycles. The Labute approximate surface area is 159 Å². The zero-order chi connectivity index (χ0) is 19.1. The zero-order valence-corrected chi connectivity index (χ0v) is 15.6. The summed E-state index contributed by atoms with van der Waals surface area (Å²) in [7, 11) is 1.73. The molecule has 1 saturated carbocycles. The van der Waals surface area contributed by atoms with Crippen LogP contribution in [0, 0.1) is 5.92 Å². The van der Waals surface area contributed by atoms with Crippen LogP contribution in [0.3, 0.4) is 0 Å². The van der Waals surface area contributed by atoms with Crippen molar-refractivity contribution in [3.8, 4) is 5.75 Å². The molecule has 6 heteroatoms. The Morgan fingerprint density at radius 3 is 2.67 bits per heavy atom. The Bertz CT molecular complexity index is 815. The van der Waals surface area contributed by atoms with Gasteiger partial charge in [0.05, 0.1) is 6.61 Å². The van der Waals surface area contributed by atoms with E-state index in [-0.39, 0.29) is 0 Å². The van der Waals surface area contributed by atoms with Gasteiger partial charge >= 0.3 is 0 Å². The number of nitrogens with two attached hydrogens (primary N) is 1. The number of amides is 1. The van der Waals surface area contributed by atoms with Gasteiger partial charge in [0, 0.05) is 31.3 Å². The molecule has 0 unspecified atom stereocenters. The highest BCUT2D eigenvalue weighted by Gasteiger charge is 2.22. The molecule has 0 saturated heterocycles. The topological polar surface area (TPSA) is 88.7 Å². The van der Waals surface area contributed by atoms with E-state index in [1.807, 2.05) is 30.3 Å². The van der Waals surface area contributed by atoms with Gasteiger partial charge in [-0.3, -0.25) is 9.79 Å². The molecule has 0 atom stereocenters. The van der Waals surface area contributed by atoms with Gasteiger partial charge in [-0.05, 0) is 42.5 Å². The summed E-state index contributed by atoms with van der Waals surface area (Å²) in [5, 5.41) is 6.55. The van der Waals surface area contributed by atoms with Crippen LogP contribution in [0.1, 0.15) is 34.3 Å². The van der Waals surface area contributed by atoms with Crippen molar-refractivity contribution in [3.63, 3.8) is 0 Å². The fourth-order valence-corrected chi connectivity index (χ4v) is 2.70. The number of nitrogens with one attached hydrogen (secondary N) is 2. The smallest absolute Gasteiger partial charge is 0.248 e. The summed E-state index contributed by atoms with van der Waals surface area (Å²) in [4.78, 5) is 15.5. The molecule has 0 aliphatic heterocycles. The summed E-state index contributed by atoms with van der Waals surface area (Å²) >= 11 is 0. The quantitative estimate of drug-likeness (QED) is 0.494. The Balaban J connectivity index is 1.53. The van der Waals surface area contributed by atoms with E-state index in [0.717, 1.165) is 29.4 Å². The van der Waals surface area contributed by atoms with Crippen LogP contribution in [0.25, 0.3) is 0 Å². The van der Waals surface area contributed by atoms with Crippen LogP contribution in [0.2, 0.25) is 0 Å². The number of primary amides is 1. The van der Waals surface area contributed by atoms with E-state index in [0.29, 0.717) is 24.6 Å². The minimum absolute atomic E-state index is 0.429. The van der Waals surface area contributed by atoms with Gasteiger partial charge in [-0.1, -0.05) is 30.3 Å². The van der Waals surface area contributed by atoms with Crippen molar-refractivity contribution in [3.05, 3.63) is 65.2 Å². The highest BCUT2D eigenvalue weighted by molar-refractivity contribution is 5.92. The van der Waals surface area contributed by atoms with Gasteiger partial charge in [-0.2, -0.15) is 0 Å². The van der Waals surface area contributed by atoms with Crippen molar-refractivity contribution in [1.29, 1.82) is 0 Å². The molecule has 0 radical (unpaired) electrons. The molecular formula is C21H26N4O2. The van der Waals surface area contributed by atoms with E-state index in [1.54, 1.807) is 19.2 Å². The number of aliphatic imine (C=N–C) groups is 1. The second kappa shape index (κ2) is 9.07. The number of carbonyl (C=O) groups excluding carboxylic acids is 1. The molecular weight excluding hydrogens is 340 g/mol. The lowest BCUT2D eigenvalue weighted by Gasteiger charge is -2.15. The highest BCUT2D eigenvalue weighted by atomic mass is 16.5. The first-order valence-electron chi connectivity index (χ1n) is 9.19. The fourth-order valence-electron chi connectivity index (χ4n) is 2.70. The SMILES string of the molecule is CN=C(NCc1cccc(C(N)=O)c1)NCc1ccccc1OCC1CC1. The van der Waals surface area contributed by atoms with E-state index >= 15 is 0 Å². The minimum atomic E-state index is -0.429. The Morgan fingerprint density at radius 2 is 1.93 bits per heavy atom. The lowest BCUT2D eigenvalue weighted by molar-refractivity contribution is 0.1000. The molecule has 0 aromatic heterocycles. The lowest BCUT2D eigenvalue weighted by Crippen LogP contribution is -2.36. The van der Waals surface area contributed by atoms with Crippen molar-refractivity contribution in [1.82, 2.24) is 10.6 Å². The second-order valence-corrected chi connectivity index (χ2v) is 6.71. The molecule has 0 heterocycles. The molecule has 1 fully saturated rings. The van der Waals surface area contributed by atoms with Crippen LogP contribution < -0.4 is 21.1 Å². The fraction of sp³-hybridized carbons (Fsp3) is 0.333. The van der Waals surface area contributed by atoms with E-state index in [4.69, 9.17) is 10.5 Å². The van der Waals surface area contributed by atoms with E-state index in [9.17, 15) is 4.79 Å². The van der Waals surface area contributed by atoms with E-state index < -0.39 is 5.91 Å². The summed E-state index contributed by atoms with van der Waals surface area (Å²) in [6.45, 7) is 1.95. The predicted molar refractivity (Wildman–Crippen MR) is 107 cm³/mol. The molecule has 1 aliphatic rings. The molecule has 2 aromatic rings. The maximum absolute atomic E-state index is 11.3. The molecule has 1 aliphatic carbocycles. The number of para-hydroxylation sites is 1. The maximum Gasteiger partial charge on any atom is 0.248 e. The Kier molecular flexibility index (Phi) is 6.30. The number of guanidine groups is 1. The molecule has 6 nitrogen and oxygen atoms in total. The molecule has 1 amide bonds. The standard InChI is InChI=1S/C21H26N4O2/c1-23-21(24-12-16-5-4-7-17(11-16)20(22)26)25-13-18-6-2-3-8-19(18)27-14-15-9-10-15/h2-8,11,15H,9-10,12-14H2,1H3,(H2,22,26)(H2,23,24,25). The van der Waals surface area contributed by atoms with Crippen molar-refractivity contribution in [2.24, 2.45) is 16.6 Å². The predicted octanol–water partition coefficient (Wildman–Crippen LogP) is 2.44. The number of benzene rings is 2. The molecule has 27 heavy (non-hydrogen) atoms. The summed E-state index contributed by atoms with van der Waals surface area (Å²) in [6.07, 6.45) is 2.54. The molecule has 3 rings (SSSR count). The number of ether oxygens (including phenoxy) is 1. The van der Waals surface area contributed by atoms with Crippen molar-refractivity contribution in [2.45, 2.75) is 25.9 Å². The first-order valence-corrected chi connectivity index (χ1v) is 9.19. The summed E-state index contributed by atoms with van der Waals surface area (Å²) < 4.78 is 5.95. The van der Waals surface area contributed by atoms with Gasteiger partial charge in [0.2, 0.25) is 5.91 Å². The van der Waals surface area contributed by atoms with Gasteiger partial charge in [-0.25, -0.2) is 0 Å². The number of hydrogen-bond donors (Lipinski definition) is 3. The van der Waals surface area contributed by atoms with Crippen molar-refractivity contribution < 1.29 is 9.53 Å². The normalized spacial score (nSPS) is 13.9. The summed E-state index contributed by atoms with van der Waals surface area (Å²) in [6, 6.07) is 15.3. The van der Waals surface area contributed by atoms with Crippen LogP contribution >= 0.6 is 0 Å². The summed E-state index contributed by atoms with van der Waals surface area (Å²) in [5.74, 6) is 1.89. The number of nitrogens with zero attached hydrogens (tertiary/aromatic N) is 1. The Hall–Kier alpha value is -3.02. The molecule has 0 spiro atoms.